The fraction of sp³-hybridized carbons (Fsp3) is 0.154. The van der Waals surface area contributed by atoms with Gasteiger partial charge in [-0.3, -0.25) is 4.98 Å². The van der Waals surface area contributed by atoms with E-state index in [1.54, 1.807) is 6.20 Å². The first-order chi connectivity index (χ1) is 9.29. The van der Waals surface area contributed by atoms with E-state index in [4.69, 9.17) is 15.4 Å². The average Bonchev–Trinajstić information content (AvgIpc) is 2.95. The standard InChI is InChI=1S/C13H12N4O2/c14-10(7-18)13-16-12(17-19-13)11-9-4-2-1-3-8(9)5-6-15-11/h1-6,10,18H,7,14H2/t10-/m0/s1. The van der Waals surface area contributed by atoms with Gasteiger partial charge in [0, 0.05) is 11.6 Å². The topological polar surface area (TPSA) is 98.1 Å². The molecule has 6 nitrogen and oxygen atoms in total. The number of rotatable bonds is 3. The summed E-state index contributed by atoms with van der Waals surface area (Å²) in [5.74, 6) is 0.572. The van der Waals surface area contributed by atoms with E-state index in [2.05, 4.69) is 15.1 Å². The smallest absolute Gasteiger partial charge is 0.246 e. The fourth-order valence-corrected chi connectivity index (χ4v) is 1.86. The summed E-state index contributed by atoms with van der Waals surface area (Å²) < 4.78 is 5.03. The van der Waals surface area contributed by atoms with Crippen molar-refractivity contribution in [1.29, 1.82) is 0 Å². The third-order valence-electron chi connectivity index (χ3n) is 2.84. The monoisotopic (exact) mass is 256 g/mol. The molecule has 0 saturated heterocycles. The molecule has 0 fully saturated rings. The molecule has 0 aliphatic heterocycles. The molecule has 0 aliphatic carbocycles. The molecule has 0 spiro atoms. The van der Waals surface area contributed by atoms with Crippen molar-refractivity contribution in [3.8, 4) is 11.5 Å². The highest BCUT2D eigenvalue weighted by atomic mass is 16.5. The van der Waals surface area contributed by atoms with Gasteiger partial charge in [-0.2, -0.15) is 4.98 Å². The molecular formula is C13H12N4O2. The Hall–Kier alpha value is -2.31. The summed E-state index contributed by atoms with van der Waals surface area (Å²) in [5, 5.41) is 14.8. The second-order valence-electron chi connectivity index (χ2n) is 4.13. The highest BCUT2D eigenvalue weighted by Gasteiger charge is 2.16. The number of hydrogen-bond donors (Lipinski definition) is 2. The number of benzene rings is 1. The lowest BCUT2D eigenvalue weighted by atomic mass is 10.1. The Morgan fingerprint density at radius 3 is 2.95 bits per heavy atom. The molecular weight excluding hydrogens is 244 g/mol. The SMILES string of the molecule is N[C@@H](CO)c1nc(-c2nccc3ccccc23)no1. The maximum atomic E-state index is 8.97. The first-order valence-corrected chi connectivity index (χ1v) is 5.84. The summed E-state index contributed by atoms with van der Waals surface area (Å²) in [7, 11) is 0. The molecule has 19 heavy (non-hydrogen) atoms. The minimum absolute atomic E-state index is 0.201. The number of pyridine rings is 1. The number of nitrogens with two attached hydrogens (primary N) is 1. The molecule has 2 aromatic heterocycles. The number of hydrogen-bond acceptors (Lipinski definition) is 6. The summed E-state index contributed by atoms with van der Waals surface area (Å²) in [6, 6.07) is 9.06. The van der Waals surface area contributed by atoms with Crippen molar-refractivity contribution >= 4 is 10.8 Å². The second kappa shape index (κ2) is 4.75. The largest absolute Gasteiger partial charge is 0.394 e. The zero-order valence-electron chi connectivity index (χ0n) is 10.0. The van der Waals surface area contributed by atoms with Crippen LogP contribution in [0.4, 0.5) is 0 Å². The van der Waals surface area contributed by atoms with Crippen molar-refractivity contribution in [2.75, 3.05) is 6.61 Å². The van der Waals surface area contributed by atoms with E-state index in [1.807, 2.05) is 30.3 Å². The predicted molar refractivity (Wildman–Crippen MR) is 69.0 cm³/mol. The van der Waals surface area contributed by atoms with Crippen LogP contribution in [0, 0.1) is 0 Å². The number of fused-ring (bicyclic) bond motifs is 1. The van der Waals surface area contributed by atoms with Crippen LogP contribution in [0.5, 0.6) is 0 Å². The Balaban J connectivity index is 2.12. The van der Waals surface area contributed by atoms with Crippen LogP contribution in [-0.4, -0.2) is 26.8 Å². The lowest BCUT2D eigenvalue weighted by Gasteiger charge is -2.01. The summed E-state index contributed by atoms with van der Waals surface area (Å²) >= 11 is 0. The average molecular weight is 256 g/mol. The maximum absolute atomic E-state index is 8.97. The first kappa shape index (κ1) is 11.8. The summed E-state index contributed by atoms with van der Waals surface area (Å²) in [6.07, 6.45) is 1.69. The van der Waals surface area contributed by atoms with Crippen LogP contribution in [0.15, 0.2) is 41.1 Å². The van der Waals surface area contributed by atoms with E-state index in [9.17, 15) is 0 Å². The van der Waals surface area contributed by atoms with Crippen LogP contribution in [0.1, 0.15) is 11.9 Å². The van der Waals surface area contributed by atoms with Crippen LogP contribution in [0.3, 0.4) is 0 Å². The van der Waals surface area contributed by atoms with Gasteiger partial charge in [0.25, 0.3) is 0 Å². The van der Waals surface area contributed by atoms with Crippen molar-refractivity contribution in [1.82, 2.24) is 15.1 Å². The Labute approximate surface area is 108 Å². The molecule has 2 heterocycles. The van der Waals surface area contributed by atoms with E-state index in [-0.39, 0.29) is 12.5 Å². The number of aromatic nitrogens is 3. The van der Waals surface area contributed by atoms with E-state index >= 15 is 0 Å². The van der Waals surface area contributed by atoms with E-state index in [0.29, 0.717) is 11.5 Å². The van der Waals surface area contributed by atoms with Crippen molar-refractivity contribution in [3.05, 3.63) is 42.4 Å². The molecule has 0 bridgehead atoms. The number of aliphatic hydroxyl groups is 1. The summed E-state index contributed by atoms with van der Waals surface area (Å²) in [6.45, 7) is -0.245. The quantitative estimate of drug-likeness (QED) is 0.732. The van der Waals surface area contributed by atoms with Crippen molar-refractivity contribution < 1.29 is 9.63 Å². The lowest BCUT2D eigenvalue weighted by Crippen LogP contribution is -2.14. The molecule has 1 atom stereocenters. The Morgan fingerprint density at radius 2 is 2.11 bits per heavy atom. The Kier molecular flexibility index (Phi) is 2.94. The third kappa shape index (κ3) is 2.07. The molecule has 0 radical (unpaired) electrons. The summed E-state index contributed by atoms with van der Waals surface area (Å²) in [4.78, 5) is 8.46. The van der Waals surface area contributed by atoms with Gasteiger partial charge < -0.3 is 15.4 Å². The van der Waals surface area contributed by atoms with E-state index in [0.717, 1.165) is 10.8 Å². The van der Waals surface area contributed by atoms with Gasteiger partial charge in [-0.05, 0) is 11.5 Å². The van der Waals surface area contributed by atoms with Crippen LogP contribution < -0.4 is 5.73 Å². The molecule has 0 unspecified atom stereocenters. The van der Waals surface area contributed by atoms with Gasteiger partial charge in [0.1, 0.15) is 11.7 Å². The molecule has 96 valence electrons. The number of aliphatic hydroxyl groups excluding tert-OH is 1. The first-order valence-electron chi connectivity index (χ1n) is 5.84. The van der Waals surface area contributed by atoms with Crippen LogP contribution >= 0.6 is 0 Å². The number of nitrogens with zero attached hydrogens (tertiary/aromatic N) is 3. The van der Waals surface area contributed by atoms with Gasteiger partial charge in [-0.1, -0.05) is 29.4 Å². The molecule has 3 rings (SSSR count). The van der Waals surface area contributed by atoms with Gasteiger partial charge in [0.2, 0.25) is 11.7 Å². The van der Waals surface area contributed by atoms with Gasteiger partial charge in [-0.15, -0.1) is 0 Å². The van der Waals surface area contributed by atoms with Crippen molar-refractivity contribution in [2.24, 2.45) is 5.73 Å². The van der Waals surface area contributed by atoms with E-state index < -0.39 is 6.04 Å². The second-order valence-corrected chi connectivity index (χ2v) is 4.13. The zero-order valence-corrected chi connectivity index (χ0v) is 10.0. The maximum Gasteiger partial charge on any atom is 0.246 e. The normalized spacial score (nSPS) is 12.7. The molecule has 6 heteroatoms. The Bertz CT molecular complexity index is 705. The van der Waals surface area contributed by atoms with Crippen molar-refractivity contribution in [2.45, 2.75) is 6.04 Å². The molecule has 3 N–H and O–H groups in total. The molecule has 0 saturated carbocycles. The van der Waals surface area contributed by atoms with Gasteiger partial charge in [0.15, 0.2) is 0 Å². The predicted octanol–water partition coefficient (Wildman–Crippen LogP) is 1.28. The Morgan fingerprint density at radius 1 is 1.26 bits per heavy atom. The van der Waals surface area contributed by atoms with Crippen LogP contribution in [0.25, 0.3) is 22.3 Å². The molecule has 1 aromatic carbocycles. The zero-order chi connectivity index (χ0) is 13.2. The van der Waals surface area contributed by atoms with E-state index in [1.165, 1.54) is 0 Å². The lowest BCUT2D eigenvalue weighted by molar-refractivity contribution is 0.237. The minimum Gasteiger partial charge on any atom is -0.394 e. The molecule has 3 aromatic rings. The summed E-state index contributed by atoms with van der Waals surface area (Å²) in [5.41, 5.74) is 6.27. The van der Waals surface area contributed by atoms with Gasteiger partial charge >= 0.3 is 0 Å². The third-order valence-corrected chi connectivity index (χ3v) is 2.84. The molecule has 0 amide bonds. The van der Waals surface area contributed by atoms with Gasteiger partial charge in [-0.25, -0.2) is 0 Å². The van der Waals surface area contributed by atoms with Gasteiger partial charge in [0.05, 0.1) is 6.61 Å². The molecule has 0 aliphatic rings. The van der Waals surface area contributed by atoms with Crippen molar-refractivity contribution in [3.63, 3.8) is 0 Å². The minimum atomic E-state index is -0.670. The fourth-order valence-electron chi connectivity index (χ4n) is 1.86. The highest BCUT2D eigenvalue weighted by molar-refractivity contribution is 5.92. The van der Waals surface area contributed by atoms with Crippen LogP contribution in [-0.2, 0) is 0 Å². The highest BCUT2D eigenvalue weighted by Crippen LogP contribution is 2.24. The van der Waals surface area contributed by atoms with Crippen LogP contribution in [0.2, 0.25) is 0 Å².